The van der Waals surface area contributed by atoms with E-state index in [4.69, 9.17) is 4.74 Å². The first-order valence-corrected chi connectivity index (χ1v) is 8.87. The third-order valence-corrected chi connectivity index (χ3v) is 4.83. The first-order chi connectivity index (χ1) is 12.5. The maximum Gasteiger partial charge on any atom is 0.170 e. The van der Waals surface area contributed by atoms with Gasteiger partial charge in [-0.05, 0) is 25.1 Å². The second-order valence-corrected chi connectivity index (χ2v) is 6.93. The maximum atomic E-state index is 6.28. The van der Waals surface area contributed by atoms with Gasteiger partial charge in [0.25, 0.3) is 0 Å². The Kier molecular flexibility index (Phi) is 4.14. The number of ether oxygens (including phenoxy) is 1. The molecule has 0 spiro atoms. The van der Waals surface area contributed by atoms with Gasteiger partial charge in [-0.1, -0.05) is 0 Å². The summed E-state index contributed by atoms with van der Waals surface area (Å²) in [5.41, 5.74) is 3.12. The van der Waals surface area contributed by atoms with E-state index in [-0.39, 0.29) is 6.10 Å². The first kappa shape index (κ1) is 16.6. The van der Waals surface area contributed by atoms with Gasteiger partial charge in [0.15, 0.2) is 17.2 Å². The number of hydrogen-bond donors (Lipinski definition) is 0. The predicted octanol–water partition coefficient (Wildman–Crippen LogP) is 2.40. The molecule has 1 saturated heterocycles. The molecule has 1 atom stereocenters. The van der Waals surface area contributed by atoms with Crippen molar-refractivity contribution in [2.45, 2.75) is 19.4 Å². The van der Waals surface area contributed by atoms with Crippen molar-refractivity contribution in [3.63, 3.8) is 0 Å². The van der Waals surface area contributed by atoms with Gasteiger partial charge in [-0.2, -0.15) is 5.10 Å². The summed E-state index contributed by atoms with van der Waals surface area (Å²) in [5.74, 6) is 1.70. The summed E-state index contributed by atoms with van der Waals surface area (Å²) >= 11 is 0. The van der Waals surface area contributed by atoms with E-state index in [1.165, 1.54) is 5.69 Å². The van der Waals surface area contributed by atoms with Crippen LogP contribution in [-0.4, -0.2) is 53.0 Å². The third-order valence-electron chi connectivity index (χ3n) is 4.83. The number of aromatic nitrogens is 4. The SMILES string of the molecule is Cc1nn(C)c2nccc(N3CCC(Oc4cccnc4N(C)C)C3)c12. The molecule has 4 heterocycles. The fourth-order valence-electron chi connectivity index (χ4n) is 3.65. The van der Waals surface area contributed by atoms with Crippen molar-refractivity contribution in [3.05, 3.63) is 36.3 Å². The van der Waals surface area contributed by atoms with E-state index in [1.807, 2.05) is 56.0 Å². The number of fused-ring (bicyclic) bond motifs is 1. The molecule has 0 aliphatic carbocycles. The van der Waals surface area contributed by atoms with Crippen molar-refractivity contribution >= 4 is 22.5 Å². The van der Waals surface area contributed by atoms with Crippen LogP contribution in [0.2, 0.25) is 0 Å². The molecule has 136 valence electrons. The Morgan fingerprint density at radius 1 is 1.19 bits per heavy atom. The zero-order chi connectivity index (χ0) is 18.3. The number of nitrogens with zero attached hydrogens (tertiary/aromatic N) is 6. The molecule has 4 rings (SSSR count). The quantitative estimate of drug-likeness (QED) is 0.719. The van der Waals surface area contributed by atoms with Crippen LogP contribution in [-0.2, 0) is 7.05 Å². The van der Waals surface area contributed by atoms with Gasteiger partial charge in [0, 0.05) is 46.5 Å². The fourth-order valence-corrected chi connectivity index (χ4v) is 3.65. The Balaban J connectivity index is 1.57. The van der Waals surface area contributed by atoms with Gasteiger partial charge in [0.1, 0.15) is 6.10 Å². The zero-order valence-corrected chi connectivity index (χ0v) is 15.7. The molecule has 7 nitrogen and oxygen atoms in total. The summed E-state index contributed by atoms with van der Waals surface area (Å²) in [6, 6.07) is 5.98. The van der Waals surface area contributed by atoms with Crippen molar-refractivity contribution in [1.82, 2.24) is 19.7 Å². The van der Waals surface area contributed by atoms with Crippen LogP contribution in [0.25, 0.3) is 11.0 Å². The van der Waals surface area contributed by atoms with E-state index in [0.717, 1.165) is 47.8 Å². The van der Waals surface area contributed by atoms with Gasteiger partial charge in [-0.3, -0.25) is 4.68 Å². The molecular formula is C19H24N6O. The molecule has 1 fully saturated rings. The van der Waals surface area contributed by atoms with Gasteiger partial charge < -0.3 is 14.5 Å². The minimum Gasteiger partial charge on any atom is -0.485 e. The normalized spacial score (nSPS) is 17.1. The lowest BCUT2D eigenvalue weighted by atomic mass is 10.2. The van der Waals surface area contributed by atoms with E-state index in [0.29, 0.717) is 0 Å². The molecule has 0 bridgehead atoms. The summed E-state index contributed by atoms with van der Waals surface area (Å²) < 4.78 is 8.13. The Labute approximate surface area is 153 Å². The van der Waals surface area contributed by atoms with Gasteiger partial charge in [-0.25, -0.2) is 9.97 Å². The monoisotopic (exact) mass is 352 g/mol. The lowest BCUT2D eigenvalue weighted by Gasteiger charge is -2.21. The Morgan fingerprint density at radius 2 is 2.04 bits per heavy atom. The average Bonchev–Trinajstić information content (AvgIpc) is 3.20. The van der Waals surface area contributed by atoms with Gasteiger partial charge in [0.05, 0.1) is 23.3 Å². The Morgan fingerprint density at radius 3 is 2.85 bits per heavy atom. The van der Waals surface area contributed by atoms with Crippen molar-refractivity contribution < 1.29 is 4.74 Å². The zero-order valence-electron chi connectivity index (χ0n) is 15.7. The van der Waals surface area contributed by atoms with Crippen LogP contribution in [0, 0.1) is 6.92 Å². The molecule has 0 N–H and O–H groups in total. The topological polar surface area (TPSA) is 59.3 Å². The highest BCUT2D eigenvalue weighted by Gasteiger charge is 2.27. The molecule has 0 amide bonds. The largest absolute Gasteiger partial charge is 0.485 e. The molecule has 26 heavy (non-hydrogen) atoms. The Bertz CT molecular complexity index is 935. The number of rotatable bonds is 4. The summed E-state index contributed by atoms with van der Waals surface area (Å²) in [6.45, 7) is 3.83. The lowest BCUT2D eigenvalue weighted by Crippen LogP contribution is -2.25. The summed E-state index contributed by atoms with van der Waals surface area (Å²) in [4.78, 5) is 13.3. The summed E-state index contributed by atoms with van der Waals surface area (Å²) in [5, 5.41) is 5.65. The van der Waals surface area contributed by atoms with Crippen LogP contribution < -0.4 is 14.5 Å². The van der Waals surface area contributed by atoms with Crippen LogP contribution in [0.4, 0.5) is 11.5 Å². The van der Waals surface area contributed by atoms with Gasteiger partial charge in [0.2, 0.25) is 0 Å². The molecule has 1 aliphatic heterocycles. The van der Waals surface area contributed by atoms with Crippen LogP contribution in [0.1, 0.15) is 12.1 Å². The van der Waals surface area contributed by atoms with Crippen LogP contribution in [0.3, 0.4) is 0 Å². The first-order valence-electron chi connectivity index (χ1n) is 8.87. The highest BCUT2D eigenvalue weighted by molar-refractivity contribution is 5.92. The van der Waals surface area contributed by atoms with E-state index in [2.05, 4.69) is 26.0 Å². The van der Waals surface area contributed by atoms with Crippen molar-refractivity contribution in [3.8, 4) is 5.75 Å². The van der Waals surface area contributed by atoms with Crippen LogP contribution in [0.15, 0.2) is 30.6 Å². The molecule has 3 aromatic heterocycles. The Hall–Kier alpha value is -2.83. The predicted molar refractivity (Wildman–Crippen MR) is 103 cm³/mol. The molecule has 0 aromatic carbocycles. The molecule has 3 aromatic rings. The number of hydrogen-bond acceptors (Lipinski definition) is 6. The van der Waals surface area contributed by atoms with E-state index < -0.39 is 0 Å². The van der Waals surface area contributed by atoms with E-state index in [9.17, 15) is 0 Å². The summed E-state index contributed by atoms with van der Waals surface area (Å²) in [6.07, 6.45) is 4.77. The minimum absolute atomic E-state index is 0.137. The smallest absolute Gasteiger partial charge is 0.170 e. The van der Waals surface area contributed by atoms with E-state index >= 15 is 0 Å². The van der Waals surface area contributed by atoms with Crippen molar-refractivity contribution in [2.75, 3.05) is 37.0 Å². The van der Waals surface area contributed by atoms with Crippen molar-refractivity contribution in [2.24, 2.45) is 7.05 Å². The molecule has 0 radical (unpaired) electrons. The van der Waals surface area contributed by atoms with E-state index in [1.54, 1.807) is 6.20 Å². The molecule has 1 unspecified atom stereocenters. The second kappa shape index (κ2) is 6.48. The van der Waals surface area contributed by atoms with Crippen LogP contribution >= 0.6 is 0 Å². The average molecular weight is 352 g/mol. The van der Waals surface area contributed by atoms with Gasteiger partial charge >= 0.3 is 0 Å². The molecular weight excluding hydrogens is 328 g/mol. The fraction of sp³-hybridized carbons (Fsp3) is 0.421. The third kappa shape index (κ3) is 2.83. The number of anilines is 2. The second-order valence-electron chi connectivity index (χ2n) is 6.93. The maximum absolute atomic E-state index is 6.28. The van der Waals surface area contributed by atoms with Gasteiger partial charge in [-0.15, -0.1) is 0 Å². The molecule has 7 heteroatoms. The number of pyridine rings is 2. The molecule has 1 aliphatic rings. The highest BCUT2D eigenvalue weighted by atomic mass is 16.5. The number of aryl methyl sites for hydroxylation is 2. The molecule has 0 saturated carbocycles. The van der Waals surface area contributed by atoms with Crippen molar-refractivity contribution in [1.29, 1.82) is 0 Å². The standard InChI is InChI=1S/C19H24N6O/c1-13-17-15(7-10-21-19(17)24(4)22-13)25-11-8-14(12-25)26-16-6-5-9-20-18(16)23(2)3/h5-7,9-10,14H,8,11-12H2,1-4H3. The minimum atomic E-state index is 0.137. The summed E-state index contributed by atoms with van der Waals surface area (Å²) in [7, 11) is 5.90. The lowest BCUT2D eigenvalue weighted by molar-refractivity contribution is 0.225. The van der Waals surface area contributed by atoms with Crippen LogP contribution in [0.5, 0.6) is 5.75 Å². The highest BCUT2D eigenvalue weighted by Crippen LogP contribution is 2.32.